The van der Waals surface area contributed by atoms with Crippen LogP contribution in [0.2, 0.25) is 0 Å². The van der Waals surface area contributed by atoms with Crippen LogP contribution in [0.4, 0.5) is 4.39 Å². The minimum Gasteiger partial charge on any atom is -0.251 e. The second kappa shape index (κ2) is 26.9. The van der Waals surface area contributed by atoms with E-state index in [-0.39, 0.29) is 6.67 Å². The van der Waals surface area contributed by atoms with E-state index in [4.69, 9.17) is 0 Å². The molecule has 169 valence electrons. The van der Waals surface area contributed by atoms with Gasteiger partial charge in [-0.05, 0) is 6.42 Å². The standard InChI is InChI=1S/C27H54F/c1-2-3-4-5-6-7-8-9-10-11-12-13-14-15-16-17-18-19-20-21-22-23-24-25-26-27-28/h1-27H2. The molecule has 0 aliphatic heterocycles. The molecule has 1 heteroatoms. The second-order valence-electron chi connectivity index (χ2n) is 9.03. The highest BCUT2D eigenvalue weighted by molar-refractivity contribution is 4.52. The van der Waals surface area contributed by atoms with Crippen LogP contribution in [0, 0.1) is 6.92 Å². The van der Waals surface area contributed by atoms with Gasteiger partial charge in [0.15, 0.2) is 0 Å². The van der Waals surface area contributed by atoms with Crippen LogP contribution in [0.1, 0.15) is 161 Å². The number of unbranched alkanes of at least 4 members (excludes halogenated alkanes) is 24. The van der Waals surface area contributed by atoms with Crippen LogP contribution in [-0.2, 0) is 0 Å². The maximum absolute atomic E-state index is 12.0. The van der Waals surface area contributed by atoms with Crippen LogP contribution < -0.4 is 0 Å². The van der Waals surface area contributed by atoms with E-state index >= 15 is 0 Å². The topological polar surface area (TPSA) is 0 Å². The van der Waals surface area contributed by atoms with Gasteiger partial charge in [-0.25, -0.2) is 0 Å². The molecule has 28 heavy (non-hydrogen) atoms. The number of hydrogen-bond donors (Lipinski definition) is 0. The van der Waals surface area contributed by atoms with Gasteiger partial charge < -0.3 is 0 Å². The Balaban J connectivity index is 2.96. The van der Waals surface area contributed by atoms with E-state index in [9.17, 15) is 4.39 Å². The normalized spacial score (nSPS) is 11.4. The molecule has 0 fully saturated rings. The Morgan fingerprint density at radius 1 is 0.286 bits per heavy atom. The first-order chi connectivity index (χ1) is 13.9. The third kappa shape index (κ3) is 25.9. The Hall–Kier alpha value is -0.0700. The summed E-state index contributed by atoms with van der Waals surface area (Å²) in [6, 6.07) is 0. The summed E-state index contributed by atoms with van der Waals surface area (Å²) in [5, 5.41) is 0. The molecule has 0 aromatic heterocycles. The number of hydrogen-bond acceptors (Lipinski definition) is 0. The molecule has 1 radical (unpaired) electrons. The zero-order valence-electron chi connectivity index (χ0n) is 19.5. The molecule has 0 aliphatic carbocycles. The quantitative estimate of drug-likeness (QED) is 0.134. The fourth-order valence-electron chi connectivity index (χ4n) is 4.16. The summed E-state index contributed by atoms with van der Waals surface area (Å²) >= 11 is 0. The van der Waals surface area contributed by atoms with Gasteiger partial charge in [0, 0.05) is 0 Å². The van der Waals surface area contributed by atoms with Gasteiger partial charge in [0.1, 0.15) is 0 Å². The van der Waals surface area contributed by atoms with Gasteiger partial charge in [-0.1, -0.05) is 161 Å². The molecular weight excluding hydrogens is 343 g/mol. The summed E-state index contributed by atoms with van der Waals surface area (Å²) in [6.45, 7) is 3.78. The first-order valence-electron chi connectivity index (χ1n) is 13.3. The molecule has 0 aromatic rings. The zero-order valence-corrected chi connectivity index (χ0v) is 19.5. The van der Waals surface area contributed by atoms with Gasteiger partial charge in [0.25, 0.3) is 0 Å². The van der Waals surface area contributed by atoms with Gasteiger partial charge in [0.2, 0.25) is 0 Å². The third-order valence-electron chi connectivity index (χ3n) is 6.13. The van der Waals surface area contributed by atoms with Crippen LogP contribution >= 0.6 is 0 Å². The van der Waals surface area contributed by atoms with Crippen molar-refractivity contribution in [3.63, 3.8) is 0 Å². The lowest BCUT2D eigenvalue weighted by Gasteiger charge is -2.04. The van der Waals surface area contributed by atoms with E-state index in [1.54, 1.807) is 0 Å². The lowest BCUT2D eigenvalue weighted by atomic mass is 10.0. The van der Waals surface area contributed by atoms with Crippen LogP contribution in [0.15, 0.2) is 0 Å². The third-order valence-corrected chi connectivity index (χ3v) is 6.13. The minimum atomic E-state index is -0.127. The highest BCUT2D eigenvalue weighted by Gasteiger charge is 1.96. The zero-order chi connectivity index (χ0) is 20.4. The van der Waals surface area contributed by atoms with Crippen molar-refractivity contribution in [2.45, 2.75) is 161 Å². The SMILES string of the molecule is [CH2]CCCCCCCCCCCCCCCCCCCCCCCCCCF. The fourth-order valence-corrected chi connectivity index (χ4v) is 4.16. The molecular formula is C27H54F. The molecule has 0 atom stereocenters. The number of halogens is 1. The smallest absolute Gasteiger partial charge is 0.0894 e. The van der Waals surface area contributed by atoms with Crippen molar-refractivity contribution < 1.29 is 4.39 Å². The van der Waals surface area contributed by atoms with Crippen LogP contribution in [0.3, 0.4) is 0 Å². The second-order valence-corrected chi connectivity index (χ2v) is 9.03. The van der Waals surface area contributed by atoms with Crippen molar-refractivity contribution in [1.29, 1.82) is 0 Å². The first kappa shape index (κ1) is 27.9. The van der Waals surface area contributed by atoms with Crippen molar-refractivity contribution in [2.75, 3.05) is 6.67 Å². The summed E-state index contributed by atoms with van der Waals surface area (Å²) in [5.74, 6) is 0. The predicted octanol–water partition coefficient (Wildman–Crippen LogP) is 10.5. The average molecular weight is 398 g/mol. The fraction of sp³-hybridized carbons (Fsp3) is 0.963. The molecule has 0 aliphatic rings. The molecule has 0 amide bonds. The lowest BCUT2D eigenvalue weighted by Crippen LogP contribution is -1.85. The maximum Gasteiger partial charge on any atom is 0.0894 e. The highest BCUT2D eigenvalue weighted by atomic mass is 19.1. The summed E-state index contributed by atoms with van der Waals surface area (Å²) < 4.78 is 12.0. The minimum absolute atomic E-state index is 0.127. The van der Waals surface area contributed by atoms with E-state index in [0.29, 0.717) is 0 Å². The van der Waals surface area contributed by atoms with Gasteiger partial charge in [-0.2, -0.15) is 0 Å². The summed E-state index contributed by atoms with van der Waals surface area (Å²) in [5.41, 5.74) is 0. The van der Waals surface area contributed by atoms with Crippen molar-refractivity contribution in [3.05, 3.63) is 6.92 Å². The van der Waals surface area contributed by atoms with Crippen LogP contribution in [0.25, 0.3) is 0 Å². The summed E-state index contributed by atoms with van der Waals surface area (Å²) in [4.78, 5) is 0. The van der Waals surface area contributed by atoms with E-state index < -0.39 is 0 Å². The van der Waals surface area contributed by atoms with Gasteiger partial charge >= 0.3 is 0 Å². The maximum atomic E-state index is 12.0. The molecule has 0 spiro atoms. The lowest BCUT2D eigenvalue weighted by molar-refractivity contribution is 0.448. The van der Waals surface area contributed by atoms with Crippen molar-refractivity contribution in [2.24, 2.45) is 0 Å². The van der Waals surface area contributed by atoms with Crippen molar-refractivity contribution >= 4 is 0 Å². The largest absolute Gasteiger partial charge is 0.251 e. The van der Waals surface area contributed by atoms with Gasteiger partial charge in [0.05, 0.1) is 6.67 Å². The molecule has 0 aromatic carbocycles. The highest BCUT2D eigenvalue weighted by Crippen LogP contribution is 2.15. The molecule has 0 rings (SSSR count). The van der Waals surface area contributed by atoms with Crippen molar-refractivity contribution in [3.8, 4) is 0 Å². The van der Waals surface area contributed by atoms with E-state index in [0.717, 1.165) is 19.3 Å². The predicted molar refractivity (Wildman–Crippen MR) is 127 cm³/mol. The number of alkyl halides is 1. The molecule has 0 saturated carbocycles. The Bertz CT molecular complexity index is 225. The first-order valence-corrected chi connectivity index (χ1v) is 13.3. The molecule has 0 saturated heterocycles. The van der Waals surface area contributed by atoms with Crippen LogP contribution in [0.5, 0.6) is 0 Å². The monoisotopic (exact) mass is 397 g/mol. The van der Waals surface area contributed by atoms with Gasteiger partial charge in [-0.3, -0.25) is 4.39 Å². The molecule has 0 heterocycles. The van der Waals surface area contributed by atoms with Crippen molar-refractivity contribution in [1.82, 2.24) is 0 Å². The average Bonchev–Trinajstić information content (AvgIpc) is 2.71. The Morgan fingerprint density at radius 2 is 0.464 bits per heavy atom. The molecule has 0 nitrogen and oxygen atoms in total. The van der Waals surface area contributed by atoms with Gasteiger partial charge in [-0.15, -0.1) is 0 Å². The Morgan fingerprint density at radius 3 is 0.643 bits per heavy atom. The molecule has 0 N–H and O–H groups in total. The van der Waals surface area contributed by atoms with E-state index in [1.807, 2.05) is 0 Å². The number of rotatable bonds is 25. The summed E-state index contributed by atoms with van der Waals surface area (Å²) in [7, 11) is 0. The van der Waals surface area contributed by atoms with E-state index in [1.165, 1.54) is 141 Å². The molecule has 0 unspecified atom stereocenters. The Kier molecular flexibility index (Phi) is 26.9. The summed E-state index contributed by atoms with van der Waals surface area (Å²) in [6.07, 6.45) is 34.3. The molecule has 0 bridgehead atoms. The Labute approximate surface area is 178 Å². The van der Waals surface area contributed by atoms with Crippen LogP contribution in [-0.4, -0.2) is 6.67 Å². The van der Waals surface area contributed by atoms with E-state index in [2.05, 4.69) is 6.92 Å².